The van der Waals surface area contributed by atoms with E-state index in [-0.39, 0.29) is 0 Å². The molecule has 0 aromatic rings. The molecule has 92 valence electrons. The summed E-state index contributed by atoms with van der Waals surface area (Å²) in [5.41, 5.74) is 0. The summed E-state index contributed by atoms with van der Waals surface area (Å²) in [7, 11) is 6.50. The average molecular weight is 319 g/mol. The van der Waals surface area contributed by atoms with Gasteiger partial charge in [-0.15, -0.1) is 0 Å². The van der Waals surface area contributed by atoms with Crippen molar-refractivity contribution in [1.29, 1.82) is 0 Å². The van der Waals surface area contributed by atoms with Crippen LogP contribution in [-0.2, 0) is 17.5 Å². The van der Waals surface area contributed by atoms with Gasteiger partial charge in [0.15, 0.2) is 0 Å². The molecule has 10 heteroatoms. The maximum atomic E-state index is 10.7. The van der Waals surface area contributed by atoms with E-state index in [1.54, 1.807) is 0 Å². The fraction of sp³-hybridized carbons (Fsp3) is 1.00. The summed E-state index contributed by atoms with van der Waals surface area (Å²) in [6.45, 7) is 1.18. The van der Waals surface area contributed by atoms with Crippen LogP contribution < -0.4 is 0 Å². The molecule has 0 spiro atoms. The van der Waals surface area contributed by atoms with E-state index in [1.807, 2.05) is 0 Å². The molecular formula is C5H10Cl3NO4S2. The highest BCUT2D eigenvalue weighted by Crippen LogP contribution is 2.14. The van der Waals surface area contributed by atoms with Gasteiger partial charge in [0, 0.05) is 45.1 Å². The molecular weight excluding hydrogens is 309 g/mol. The van der Waals surface area contributed by atoms with Gasteiger partial charge in [-0.2, -0.15) is 21.1 Å². The summed E-state index contributed by atoms with van der Waals surface area (Å²) >= 11 is 0. The van der Waals surface area contributed by atoms with Gasteiger partial charge in [0.1, 0.15) is 0 Å². The second-order valence-corrected chi connectivity index (χ2v) is 8.96. The van der Waals surface area contributed by atoms with E-state index in [9.17, 15) is 8.42 Å². The molecule has 0 unspecified atom stereocenters. The second kappa shape index (κ2) is 6.46. The Hall–Kier alpha value is 0.730. The van der Waals surface area contributed by atoms with Crippen molar-refractivity contribution in [3.8, 4) is 0 Å². The highest BCUT2D eigenvalue weighted by Gasteiger charge is 2.20. The van der Waals surface area contributed by atoms with Crippen LogP contribution in [0.5, 0.6) is 0 Å². The number of halogens is 3. The van der Waals surface area contributed by atoms with E-state index in [0.717, 1.165) is 19.3 Å². The maximum absolute atomic E-state index is 10.7. The van der Waals surface area contributed by atoms with Gasteiger partial charge in [0.2, 0.25) is 0 Å². The highest BCUT2D eigenvalue weighted by molar-refractivity contribution is 8.31. The van der Waals surface area contributed by atoms with Crippen LogP contribution in [0.1, 0.15) is 19.3 Å². The zero-order valence-corrected chi connectivity index (χ0v) is 11.5. The largest absolute Gasteiger partial charge is 0.317 e. The van der Waals surface area contributed by atoms with E-state index in [0.29, 0.717) is 13.1 Å². The Morgan fingerprint density at radius 3 is 1.33 bits per heavy atom. The first-order valence-corrected chi connectivity index (χ1v) is 9.35. The lowest BCUT2D eigenvalue weighted by Crippen LogP contribution is -2.32. The number of rotatable bonds is 1. The van der Waals surface area contributed by atoms with Gasteiger partial charge in [0.05, 0.1) is 0 Å². The first-order valence-electron chi connectivity index (χ1n) is 3.94. The Labute approximate surface area is 103 Å². The Bertz CT molecular complexity index is 365. The molecule has 0 aliphatic carbocycles. The molecule has 0 radical (unpaired) electrons. The van der Waals surface area contributed by atoms with E-state index in [4.69, 9.17) is 19.1 Å². The predicted molar refractivity (Wildman–Crippen MR) is 60.8 cm³/mol. The van der Waals surface area contributed by atoms with Crippen LogP contribution in [0.4, 0.5) is 0 Å². The molecule has 15 heavy (non-hydrogen) atoms. The molecule has 0 saturated carbocycles. The van der Waals surface area contributed by atoms with Crippen molar-refractivity contribution in [3.05, 3.63) is 0 Å². The van der Waals surface area contributed by atoms with Crippen molar-refractivity contribution in [2.45, 2.75) is 19.3 Å². The van der Waals surface area contributed by atoms with Crippen LogP contribution in [0.2, 0.25) is 0 Å². The van der Waals surface area contributed by atoms with Gasteiger partial charge in [-0.3, -0.25) is 0 Å². The molecule has 0 atom stereocenters. The molecule has 0 amide bonds. The summed E-state index contributed by atoms with van der Waals surface area (Å²) in [5.74, 6) is 0. The minimum atomic E-state index is -3.72. The van der Waals surface area contributed by atoms with Gasteiger partial charge in [-0.1, -0.05) is 6.42 Å². The van der Waals surface area contributed by atoms with Crippen LogP contribution in [-0.4, -0.2) is 34.2 Å². The fourth-order valence-electron chi connectivity index (χ4n) is 1.08. The quantitative estimate of drug-likeness (QED) is 0.689. The molecule has 1 heterocycles. The van der Waals surface area contributed by atoms with Crippen molar-refractivity contribution in [2.24, 2.45) is 0 Å². The third-order valence-corrected chi connectivity index (χ3v) is 3.19. The molecule has 0 N–H and O–H groups in total. The third kappa shape index (κ3) is 11.0. The van der Waals surface area contributed by atoms with Gasteiger partial charge in [-0.25, -0.2) is 0 Å². The Morgan fingerprint density at radius 2 is 1.13 bits per heavy atom. The summed E-state index contributed by atoms with van der Waals surface area (Å²) in [4.78, 5) is 0. The van der Waals surface area contributed by atoms with E-state index in [1.165, 1.54) is 4.31 Å². The van der Waals surface area contributed by atoms with E-state index in [2.05, 4.69) is 21.4 Å². The first kappa shape index (κ1) is 15.7. The first-order chi connectivity index (χ1) is 6.61. The van der Waals surface area contributed by atoms with Crippen molar-refractivity contribution < 1.29 is 16.8 Å². The van der Waals surface area contributed by atoms with Crippen molar-refractivity contribution >= 4 is 49.5 Å². The van der Waals surface area contributed by atoms with Crippen LogP contribution in [0, 0.1) is 0 Å². The maximum Gasteiger partial charge on any atom is 0.317 e. The van der Waals surface area contributed by atoms with Crippen molar-refractivity contribution in [3.63, 3.8) is 0 Å². The molecule has 1 saturated heterocycles. The highest BCUT2D eigenvalue weighted by atomic mass is 36.0. The smallest absolute Gasteiger partial charge is 0.195 e. The Balaban J connectivity index is 0.000000336. The topological polar surface area (TPSA) is 71.5 Å². The lowest BCUT2D eigenvalue weighted by molar-refractivity contribution is 0.353. The van der Waals surface area contributed by atoms with Crippen LogP contribution in [0.15, 0.2) is 0 Å². The van der Waals surface area contributed by atoms with Gasteiger partial charge < -0.3 is 0 Å². The van der Waals surface area contributed by atoms with Gasteiger partial charge >= 0.3 is 8.26 Å². The number of piperidine rings is 1. The fourth-order valence-corrected chi connectivity index (χ4v) is 2.19. The second-order valence-electron chi connectivity index (χ2n) is 2.78. The Kier molecular flexibility index (Phi) is 6.78. The summed E-state index contributed by atoms with van der Waals surface area (Å²) in [6, 6.07) is 0. The van der Waals surface area contributed by atoms with Crippen molar-refractivity contribution in [2.75, 3.05) is 13.1 Å². The third-order valence-electron chi connectivity index (χ3n) is 1.62. The van der Waals surface area contributed by atoms with Crippen LogP contribution in [0.3, 0.4) is 0 Å². The summed E-state index contributed by atoms with van der Waals surface area (Å²) in [6.07, 6.45) is 2.99. The van der Waals surface area contributed by atoms with E-state index < -0.39 is 17.5 Å². The molecule has 0 aromatic carbocycles. The monoisotopic (exact) mass is 317 g/mol. The standard InChI is InChI=1S/C5H10ClNO2S.Cl2O2S/c6-10(8,9)7-4-2-1-3-5-7;1-5(2,3)4/h1-5H2;. The lowest BCUT2D eigenvalue weighted by atomic mass is 10.2. The average Bonchev–Trinajstić information content (AvgIpc) is 2.01. The molecule has 0 bridgehead atoms. The zero-order valence-electron chi connectivity index (χ0n) is 7.57. The van der Waals surface area contributed by atoms with Crippen LogP contribution in [0.25, 0.3) is 0 Å². The molecule has 1 rings (SSSR count). The summed E-state index contributed by atoms with van der Waals surface area (Å²) < 4.78 is 41.0. The molecule has 5 nitrogen and oxygen atoms in total. The number of hydrogen-bond donors (Lipinski definition) is 0. The Morgan fingerprint density at radius 1 is 0.800 bits per heavy atom. The molecule has 1 aliphatic rings. The molecule has 0 aromatic heterocycles. The normalized spacial score (nSPS) is 19.1. The van der Waals surface area contributed by atoms with Gasteiger partial charge in [-0.05, 0) is 12.8 Å². The number of nitrogens with zero attached hydrogens (tertiary/aromatic N) is 1. The van der Waals surface area contributed by atoms with Gasteiger partial charge in [0.25, 0.3) is 9.24 Å². The van der Waals surface area contributed by atoms with Crippen LogP contribution >= 0.6 is 32.0 Å². The summed E-state index contributed by atoms with van der Waals surface area (Å²) in [5, 5.41) is 0. The minimum absolute atomic E-state index is 0.589. The predicted octanol–water partition coefficient (Wildman–Crippen LogP) is 1.66. The number of hydrogen-bond acceptors (Lipinski definition) is 4. The van der Waals surface area contributed by atoms with Crippen molar-refractivity contribution in [1.82, 2.24) is 4.31 Å². The SMILES string of the molecule is O=S(=O)(Cl)Cl.O=S(=O)(Cl)N1CCCCC1. The zero-order chi connectivity index (χ0) is 12.1. The van der Waals surface area contributed by atoms with E-state index >= 15 is 0 Å². The molecule has 1 fully saturated rings. The minimum Gasteiger partial charge on any atom is -0.195 e. The lowest BCUT2D eigenvalue weighted by Gasteiger charge is -2.22. The molecule has 1 aliphatic heterocycles.